The number of nitrogens with zero attached hydrogens (tertiary/aromatic N) is 1. The van der Waals surface area contributed by atoms with E-state index in [1.165, 1.54) is 11.8 Å². The highest BCUT2D eigenvalue weighted by Gasteiger charge is 2.11. The molecule has 0 saturated carbocycles. The highest BCUT2D eigenvalue weighted by atomic mass is 32.2. The van der Waals surface area contributed by atoms with Crippen LogP contribution in [0.25, 0.3) is 10.9 Å². The Hall–Kier alpha value is -1.55. The molecule has 1 aromatic carbocycles. The minimum Gasteiger partial charge on any atom is -0.480 e. The first kappa shape index (κ1) is 11.9. The van der Waals surface area contributed by atoms with Gasteiger partial charge in [-0.15, -0.1) is 11.8 Å². The van der Waals surface area contributed by atoms with Crippen LogP contribution in [0.15, 0.2) is 36.4 Å². The molecule has 0 aliphatic heterocycles. The van der Waals surface area contributed by atoms with E-state index < -0.39 is 11.2 Å². The smallest absolute Gasteiger partial charge is 0.316 e. The van der Waals surface area contributed by atoms with E-state index in [2.05, 4.69) is 4.98 Å². The van der Waals surface area contributed by atoms with E-state index in [9.17, 15) is 4.79 Å². The van der Waals surface area contributed by atoms with Crippen molar-refractivity contribution in [3.8, 4) is 0 Å². The fourth-order valence-corrected chi connectivity index (χ4v) is 2.19. The van der Waals surface area contributed by atoms with Crippen molar-refractivity contribution in [2.45, 2.75) is 17.9 Å². The molecule has 0 spiro atoms. The molecular formula is C13H13NO2S. The highest BCUT2D eigenvalue weighted by molar-refractivity contribution is 7.99. The lowest BCUT2D eigenvalue weighted by Gasteiger charge is -2.06. The number of carbonyl (C=O) groups is 1. The second-order valence-corrected chi connectivity index (χ2v) is 5.12. The first-order valence-corrected chi connectivity index (χ1v) is 6.41. The predicted molar refractivity (Wildman–Crippen MR) is 70.1 cm³/mol. The van der Waals surface area contributed by atoms with Crippen molar-refractivity contribution < 1.29 is 9.90 Å². The van der Waals surface area contributed by atoms with Crippen LogP contribution in [0.4, 0.5) is 0 Å². The lowest BCUT2D eigenvalue weighted by molar-refractivity contribution is -0.136. The third-order valence-corrected chi connectivity index (χ3v) is 3.65. The molecule has 1 atom stereocenters. The third kappa shape index (κ3) is 2.97. The summed E-state index contributed by atoms with van der Waals surface area (Å²) in [5, 5.41) is 9.49. The molecule has 1 aromatic heterocycles. The van der Waals surface area contributed by atoms with Crippen LogP contribution in [0.3, 0.4) is 0 Å². The molecule has 2 aromatic rings. The Kier molecular flexibility index (Phi) is 3.64. The van der Waals surface area contributed by atoms with Crippen molar-refractivity contribution in [3.05, 3.63) is 42.1 Å². The van der Waals surface area contributed by atoms with Gasteiger partial charge in [-0.25, -0.2) is 0 Å². The van der Waals surface area contributed by atoms with Crippen LogP contribution in [-0.4, -0.2) is 21.3 Å². The van der Waals surface area contributed by atoms with E-state index in [0.29, 0.717) is 5.75 Å². The van der Waals surface area contributed by atoms with Gasteiger partial charge in [-0.2, -0.15) is 0 Å². The van der Waals surface area contributed by atoms with Gasteiger partial charge in [-0.3, -0.25) is 9.78 Å². The minimum atomic E-state index is -0.782. The maximum atomic E-state index is 10.7. The van der Waals surface area contributed by atoms with Crippen molar-refractivity contribution in [1.29, 1.82) is 0 Å². The van der Waals surface area contributed by atoms with Crippen molar-refractivity contribution in [1.82, 2.24) is 4.98 Å². The molecule has 0 radical (unpaired) electrons. The van der Waals surface area contributed by atoms with Crippen molar-refractivity contribution in [3.63, 3.8) is 0 Å². The molecule has 0 saturated heterocycles. The Morgan fingerprint density at radius 3 is 2.88 bits per heavy atom. The van der Waals surface area contributed by atoms with Gasteiger partial charge in [0, 0.05) is 11.1 Å². The molecule has 1 heterocycles. The Morgan fingerprint density at radius 1 is 1.35 bits per heavy atom. The molecule has 17 heavy (non-hydrogen) atoms. The molecule has 0 aliphatic carbocycles. The number of aromatic nitrogens is 1. The number of rotatable bonds is 4. The Labute approximate surface area is 104 Å². The first-order valence-electron chi connectivity index (χ1n) is 5.36. The number of para-hydroxylation sites is 1. The van der Waals surface area contributed by atoms with Crippen LogP contribution in [-0.2, 0) is 10.5 Å². The summed E-state index contributed by atoms with van der Waals surface area (Å²) in [4.78, 5) is 15.2. The molecule has 0 fully saturated rings. The van der Waals surface area contributed by atoms with E-state index >= 15 is 0 Å². The minimum absolute atomic E-state index is 0.400. The van der Waals surface area contributed by atoms with Gasteiger partial charge in [0.25, 0.3) is 0 Å². The molecule has 88 valence electrons. The average molecular weight is 247 g/mol. The lowest BCUT2D eigenvalue weighted by Crippen LogP contribution is -2.11. The summed E-state index contributed by atoms with van der Waals surface area (Å²) >= 11 is 1.38. The number of carboxylic acids is 1. The van der Waals surface area contributed by atoms with Crippen molar-refractivity contribution in [2.75, 3.05) is 0 Å². The third-order valence-electron chi connectivity index (χ3n) is 2.49. The van der Waals surface area contributed by atoms with Gasteiger partial charge < -0.3 is 5.11 Å². The van der Waals surface area contributed by atoms with Crippen molar-refractivity contribution in [2.24, 2.45) is 0 Å². The van der Waals surface area contributed by atoms with E-state index in [0.717, 1.165) is 16.6 Å². The number of hydrogen-bond donors (Lipinski definition) is 1. The maximum absolute atomic E-state index is 10.7. The summed E-state index contributed by atoms with van der Waals surface area (Å²) < 4.78 is 0. The van der Waals surface area contributed by atoms with Gasteiger partial charge in [-0.1, -0.05) is 24.3 Å². The summed E-state index contributed by atoms with van der Waals surface area (Å²) in [7, 11) is 0. The molecule has 2 rings (SSSR count). The van der Waals surface area contributed by atoms with Crippen LogP contribution >= 0.6 is 11.8 Å². The Balaban J connectivity index is 2.12. The summed E-state index contributed by atoms with van der Waals surface area (Å²) in [5.74, 6) is -0.158. The largest absolute Gasteiger partial charge is 0.480 e. The van der Waals surface area contributed by atoms with Gasteiger partial charge in [0.1, 0.15) is 0 Å². The summed E-state index contributed by atoms with van der Waals surface area (Å²) in [6, 6.07) is 11.9. The zero-order valence-electron chi connectivity index (χ0n) is 9.46. The molecule has 0 aliphatic rings. The fraction of sp³-hybridized carbons (Fsp3) is 0.231. The number of fused-ring (bicyclic) bond motifs is 1. The standard InChI is InChI=1S/C13H13NO2S/c1-9(13(15)16)17-8-11-7-6-10-4-2-3-5-12(10)14-11/h2-7,9H,8H2,1H3,(H,15,16). The maximum Gasteiger partial charge on any atom is 0.316 e. The van der Waals surface area contributed by atoms with Crippen LogP contribution in [0.1, 0.15) is 12.6 Å². The number of pyridine rings is 1. The van der Waals surface area contributed by atoms with E-state index in [1.54, 1.807) is 6.92 Å². The summed E-state index contributed by atoms with van der Waals surface area (Å²) in [5.41, 5.74) is 1.87. The zero-order valence-corrected chi connectivity index (χ0v) is 10.3. The monoisotopic (exact) mass is 247 g/mol. The molecule has 3 nitrogen and oxygen atoms in total. The fourth-order valence-electron chi connectivity index (χ4n) is 1.47. The Morgan fingerprint density at radius 2 is 2.12 bits per heavy atom. The topological polar surface area (TPSA) is 50.2 Å². The molecule has 0 amide bonds. The summed E-state index contributed by atoms with van der Waals surface area (Å²) in [6.45, 7) is 1.69. The van der Waals surface area contributed by atoms with Gasteiger partial charge in [0.15, 0.2) is 0 Å². The van der Waals surface area contributed by atoms with Gasteiger partial charge >= 0.3 is 5.97 Å². The van der Waals surface area contributed by atoms with Gasteiger partial charge in [0.05, 0.1) is 16.5 Å². The molecular weight excluding hydrogens is 234 g/mol. The Bertz CT molecular complexity index is 542. The number of hydrogen-bond acceptors (Lipinski definition) is 3. The highest BCUT2D eigenvalue weighted by Crippen LogP contribution is 2.19. The SMILES string of the molecule is CC(SCc1ccc2ccccc2n1)C(=O)O. The van der Waals surface area contributed by atoms with Crippen LogP contribution in [0.5, 0.6) is 0 Å². The summed E-state index contributed by atoms with van der Waals surface area (Å²) in [6.07, 6.45) is 0. The van der Waals surface area contributed by atoms with Gasteiger partial charge in [0.2, 0.25) is 0 Å². The van der Waals surface area contributed by atoms with Gasteiger partial charge in [-0.05, 0) is 19.1 Å². The molecule has 0 bridgehead atoms. The van der Waals surface area contributed by atoms with Crippen LogP contribution in [0.2, 0.25) is 0 Å². The average Bonchev–Trinajstić information content (AvgIpc) is 2.35. The number of thioether (sulfide) groups is 1. The number of benzene rings is 1. The van der Waals surface area contributed by atoms with Crippen molar-refractivity contribution >= 4 is 28.6 Å². The van der Waals surface area contributed by atoms with Crippen LogP contribution in [0, 0.1) is 0 Å². The normalized spacial score (nSPS) is 12.5. The first-order chi connectivity index (χ1) is 8.16. The van der Waals surface area contributed by atoms with Crippen LogP contribution < -0.4 is 0 Å². The number of carboxylic acid groups (broad SMARTS) is 1. The quantitative estimate of drug-likeness (QED) is 0.902. The second kappa shape index (κ2) is 5.19. The van der Waals surface area contributed by atoms with E-state index in [4.69, 9.17) is 5.11 Å². The molecule has 1 N–H and O–H groups in total. The zero-order chi connectivity index (χ0) is 12.3. The predicted octanol–water partition coefficient (Wildman–Crippen LogP) is 2.94. The second-order valence-electron chi connectivity index (χ2n) is 3.79. The van der Waals surface area contributed by atoms with E-state index in [-0.39, 0.29) is 0 Å². The number of aliphatic carboxylic acids is 1. The molecule has 4 heteroatoms. The van der Waals surface area contributed by atoms with E-state index in [1.807, 2.05) is 36.4 Å². The molecule has 1 unspecified atom stereocenters. The lowest BCUT2D eigenvalue weighted by atomic mass is 10.2.